The molecule has 1 aliphatic rings. The van der Waals surface area contributed by atoms with Gasteiger partial charge in [0, 0.05) is 31.1 Å². The molecule has 0 amide bonds. The van der Waals surface area contributed by atoms with Crippen LogP contribution in [0.3, 0.4) is 0 Å². The summed E-state index contributed by atoms with van der Waals surface area (Å²) in [6.45, 7) is 2.33. The lowest BCUT2D eigenvalue weighted by atomic mass is 10.1. The minimum absolute atomic E-state index is 0.0412. The Labute approximate surface area is 157 Å². The summed E-state index contributed by atoms with van der Waals surface area (Å²) in [5, 5.41) is 1.20. The Morgan fingerprint density at radius 3 is 2.67 bits per heavy atom. The van der Waals surface area contributed by atoms with E-state index in [1.807, 2.05) is 37.3 Å². The third-order valence-electron chi connectivity index (χ3n) is 4.72. The highest BCUT2D eigenvalue weighted by molar-refractivity contribution is 7.92. The summed E-state index contributed by atoms with van der Waals surface area (Å²) >= 11 is 0. The second-order valence-corrected chi connectivity index (χ2v) is 8.43. The van der Waals surface area contributed by atoms with Crippen molar-refractivity contribution >= 4 is 21.7 Å². The maximum atomic E-state index is 12.7. The van der Waals surface area contributed by atoms with Crippen LogP contribution >= 0.6 is 0 Å². The predicted octanol–water partition coefficient (Wildman–Crippen LogP) is 2.36. The van der Waals surface area contributed by atoms with Crippen molar-refractivity contribution in [1.82, 2.24) is 13.7 Å². The quantitative estimate of drug-likeness (QED) is 0.698. The molecular formula is C20H19N3O3S. The van der Waals surface area contributed by atoms with Gasteiger partial charge in [0.05, 0.1) is 11.3 Å². The molecule has 0 radical (unpaired) electrons. The number of benzene rings is 1. The summed E-state index contributed by atoms with van der Waals surface area (Å²) in [5.74, 6) is 0. The van der Waals surface area contributed by atoms with E-state index in [0.717, 1.165) is 11.1 Å². The normalized spacial score (nSPS) is 15.3. The van der Waals surface area contributed by atoms with Crippen molar-refractivity contribution in [2.75, 3.05) is 6.54 Å². The van der Waals surface area contributed by atoms with Crippen molar-refractivity contribution in [3.63, 3.8) is 0 Å². The molecule has 0 unspecified atom stereocenters. The summed E-state index contributed by atoms with van der Waals surface area (Å²) in [5.41, 5.74) is 3.42. The van der Waals surface area contributed by atoms with E-state index >= 15 is 0 Å². The Morgan fingerprint density at radius 2 is 1.89 bits per heavy atom. The van der Waals surface area contributed by atoms with Gasteiger partial charge in [-0.05, 0) is 30.7 Å². The third-order valence-corrected chi connectivity index (χ3v) is 6.23. The Morgan fingerprint density at radius 1 is 1.11 bits per heavy atom. The fourth-order valence-corrected chi connectivity index (χ4v) is 4.32. The number of fused-ring (bicyclic) bond motifs is 2. The van der Waals surface area contributed by atoms with Crippen molar-refractivity contribution in [3.8, 4) is 0 Å². The van der Waals surface area contributed by atoms with Crippen LogP contribution < -0.4 is 5.56 Å². The number of pyridine rings is 1. The molecule has 0 spiro atoms. The van der Waals surface area contributed by atoms with Crippen molar-refractivity contribution in [1.29, 1.82) is 0 Å². The van der Waals surface area contributed by atoms with Crippen LogP contribution in [-0.2, 0) is 23.0 Å². The topological polar surface area (TPSA) is 71.8 Å². The zero-order chi connectivity index (χ0) is 19.0. The molecule has 1 aromatic carbocycles. The van der Waals surface area contributed by atoms with Gasteiger partial charge in [-0.1, -0.05) is 35.9 Å². The predicted molar refractivity (Wildman–Crippen MR) is 105 cm³/mol. The van der Waals surface area contributed by atoms with Gasteiger partial charge in [-0.25, -0.2) is 13.4 Å². The highest BCUT2D eigenvalue weighted by Gasteiger charge is 2.28. The van der Waals surface area contributed by atoms with Crippen LogP contribution in [0.2, 0.25) is 0 Å². The van der Waals surface area contributed by atoms with Crippen molar-refractivity contribution < 1.29 is 8.42 Å². The molecule has 3 aromatic rings. The van der Waals surface area contributed by atoms with Crippen LogP contribution in [0.1, 0.15) is 22.4 Å². The first kappa shape index (κ1) is 17.6. The minimum atomic E-state index is -3.63. The number of nitrogens with zero attached hydrogens (tertiary/aromatic N) is 3. The molecule has 0 bridgehead atoms. The summed E-state index contributed by atoms with van der Waals surface area (Å²) in [4.78, 5) is 17.3. The van der Waals surface area contributed by atoms with Gasteiger partial charge in [-0.15, -0.1) is 0 Å². The monoisotopic (exact) mass is 381 g/mol. The lowest BCUT2D eigenvalue weighted by Crippen LogP contribution is -2.39. The average Bonchev–Trinajstić information content (AvgIpc) is 2.67. The fourth-order valence-electron chi connectivity index (χ4n) is 3.17. The van der Waals surface area contributed by atoms with Crippen LogP contribution in [0.25, 0.3) is 11.7 Å². The van der Waals surface area contributed by atoms with Crippen LogP contribution in [0.4, 0.5) is 0 Å². The van der Waals surface area contributed by atoms with Crippen LogP contribution in [0.5, 0.6) is 0 Å². The van der Waals surface area contributed by atoms with E-state index in [1.54, 1.807) is 24.4 Å². The summed E-state index contributed by atoms with van der Waals surface area (Å²) in [6, 6.07) is 13.0. The lowest BCUT2D eigenvalue weighted by Gasteiger charge is -2.26. The maximum Gasteiger partial charge on any atom is 0.262 e. The van der Waals surface area contributed by atoms with Crippen LogP contribution in [0.15, 0.2) is 58.9 Å². The van der Waals surface area contributed by atoms with Gasteiger partial charge in [-0.2, -0.15) is 4.31 Å². The largest absolute Gasteiger partial charge is 0.269 e. The van der Waals surface area contributed by atoms with Crippen molar-refractivity contribution in [2.45, 2.75) is 19.9 Å². The number of aromatic nitrogens is 2. The standard InChI is InChI=1S/C20H19N3O3S/c1-15-5-7-16(8-6-15)10-13-27(25,26)22-12-9-18-17(14-22)20(24)23-11-3-2-4-19(23)21-18/h2-8,10-11,13H,9,12,14H2,1H3/b13-10+. The zero-order valence-electron chi connectivity index (χ0n) is 14.9. The summed E-state index contributed by atoms with van der Waals surface area (Å²) in [6.07, 6.45) is 3.65. The average molecular weight is 381 g/mol. The first-order valence-corrected chi connectivity index (χ1v) is 10.2. The Balaban J connectivity index is 1.64. The molecule has 6 nitrogen and oxygen atoms in total. The minimum Gasteiger partial charge on any atom is -0.269 e. The number of sulfonamides is 1. The molecule has 0 fully saturated rings. The lowest BCUT2D eigenvalue weighted by molar-refractivity contribution is 0.390. The van der Waals surface area contributed by atoms with E-state index in [4.69, 9.17) is 0 Å². The van der Waals surface area contributed by atoms with E-state index < -0.39 is 10.0 Å². The van der Waals surface area contributed by atoms with Gasteiger partial charge < -0.3 is 0 Å². The molecule has 3 heterocycles. The highest BCUT2D eigenvalue weighted by Crippen LogP contribution is 2.19. The first-order valence-electron chi connectivity index (χ1n) is 8.68. The Kier molecular flexibility index (Phi) is 4.41. The molecule has 0 saturated heterocycles. The Hall–Kier alpha value is -2.77. The number of hydrogen-bond donors (Lipinski definition) is 0. The SMILES string of the molecule is Cc1ccc(/C=C/S(=O)(=O)N2CCc3nc4ccccn4c(=O)c3C2)cc1. The Bertz CT molecular complexity index is 1200. The van der Waals surface area contributed by atoms with E-state index in [9.17, 15) is 13.2 Å². The third kappa shape index (κ3) is 3.43. The second-order valence-electron chi connectivity index (χ2n) is 6.61. The van der Waals surface area contributed by atoms with Crippen molar-refractivity contribution in [3.05, 3.63) is 86.8 Å². The second kappa shape index (κ2) is 6.75. The molecule has 4 rings (SSSR count). The number of aryl methyl sites for hydroxylation is 1. The van der Waals surface area contributed by atoms with Gasteiger partial charge >= 0.3 is 0 Å². The molecule has 0 saturated carbocycles. The molecular weight excluding hydrogens is 362 g/mol. The van der Waals surface area contributed by atoms with Gasteiger partial charge in [0.25, 0.3) is 5.56 Å². The number of rotatable bonds is 3. The maximum absolute atomic E-state index is 12.7. The first-order chi connectivity index (χ1) is 12.9. The van der Waals surface area contributed by atoms with Crippen LogP contribution in [-0.4, -0.2) is 28.7 Å². The fraction of sp³-hybridized carbons (Fsp3) is 0.200. The molecule has 0 aliphatic carbocycles. The molecule has 7 heteroatoms. The summed E-state index contributed by atoms with van der Waals surface area (Å²) < 4.78 is 28.2. The zero-order valence-corrected chi connectivity index (χ0v) is 15.7. The molecule has 27 heavy (non-hydrogen) atoms. The van der Waals surface area contributed by atoms with E-state index in [-0.39, 0.29) is 12.1 Å². The molecule has 0 N–H and O–H groups in total. The molecule has 2 aromatic heterocycles. The number of hydrogen-bond acceptors (Lipinski definition) is 4. The molecule has 138 valence electrons. The van der Waals surface area contributed by atoms with E-state index in [1.165, 1.54) is 14.1 Å². The van der Waals surface area contributed by atoms with E-state index in [2.05, 4.69) is 4.98 Å². The molecule has 0 atom stereocenters. The molecule has 1 aliphatic heterocycles. The van der Waals surface area contributed by atoms with E-state index in [0.29, 0.717) is 29.9 Å². The van der Waals surface area contributed by atoms with Gasteiger partial charge in [0.15, 0.2) is 0 Å². The highest BCUT2D eigenvalue weighted by atomic mass is 32.2. The van der Waals surface area contributed by atoms with Gasteiger partial charge in [0.1, 0.15) is 5.65 Å². The smallest absolute Gasteiger partial charge is 0.262 e. The van der Waals surface area contributed by atoms with Gasteiger partial charge in [0.2, 0.25) is 10.0 Å². The summed E-state index contributed by atoms with van der Waals surface area (Å²) in [7, 11) is -3.63. The van der Waals surface area contributed by atoms with Crippen molar-refractivity contribution in [2.24, 2.45) is 0 Å². The van der Waals surface area contributed by atoms with Crippen LogP contribution in [0, 0.1) is 6.92 Å². The van der Waals surface area contributed by atoms with Gasteiger partial charge in [-0.3, -0.25) is 9.20 Å².